The highest BCUT2D eigenvalue weighted by Crippen LogP contribution is 2.33. The third-order valence-electron chi connectivity index (χ3n) is 3.21. The highest BCUT2D eigenvalue weighted by Gasteiger charge is 2.17. The number of para-hydroxylation sites is 1. The number of imidazole rings is 1. The number of nitrogens with two attached hydrogens (primary N) is 1. The molecule has 0 amide bonds. The van der Waals surface area contributed by atoms with Crippen LogP contribution in [0.1, 0.15) is 11.3 Å². The van der Waals surface area contributed by atoms with Crippen molar-refractivity contribution in [1.82, 2.24) is 13.9 Å². The van der Waals surface area contributed by atoms with Crippen LogP contribution in [-0.2, 0) is 7.05 Å². The second-order valence-corrected chi connectivity index (χ2v) is 5.25. The Morgan fingerprint density at radius 3 is 2.67 bits per heavy atom. The van der Waals surface area contributed by atoms with Gasteiger partial charge >= 0.3 is 0 Å². The van der Waals surface area contributed by atoms with Crippen LogP contribution in [-0.4, -0.2) is 13.9 Å². The van der Waals surface area contributed by atoms with E-state index in [9.17, 15) is 0 Å². The quantitative estimate of drug-likeness (QED) is 0.730. The van der Waals surface area contributed by atoms with Gasteiger partial charge in [0.2, 0.25) is 0 Å². The molecule has 0 atom stereocenters. The average Bonchev–Trinajstić information content (AvgIpc) is 2.82. The first kappa shape index (κ1) is 11.2. The van der Waals surface area contributed by atoms with Gasteiger partial charge in [0.05, 0.1) is 22.3 Å². The molecule has 0 radical (unpaired) electrons. The standard InChI is InChI=1S/C13H14N4S/c1-7-5-4-6-9-11(7)17(3)13(15-9)10-8(2)16-18-12(10)14/h4-6H,14H2,1-3H3. The van der Waals surface area contributed by atoms with Crippen LogP contribution in [0.2, 0.25) is 0 Å². The molecule has 3 rings (SSSR count). The van der Waals surface area contributed by atoms with E-state index in [0.717, 1.165) is 33.1 Å². The molecule has 92 valence electrons. The molecule has 0 saturated heterocycles. The first-order valence-electron chi connectivity index (χ1n) is 5.73. The molecule has 0 fully saturated rings. The number of aryl methyl sites for hydroxylation is 3. The molecule has 4 nitrogen and oxygen atoms in total. The molecule has 2 N–H and O–H groups in total. The molecular weight excluding hydrogens is 244 g/mol. The first-order valence-corrected chi connectivity index (χ1v) is 6.51. The average molecular weight is 258 g/mol. The zero-order chi connectivity index (χ0) is 12.9. The lowest BCUT2D eigenvalue weighted by Crippen LogP contribution is -1.96. The van der Waals surface area contributed by atoms with E-state index in [2.05, 4.69) is 26.9 Å². The number of nitrogens with zero attached hydrogens (tertiary/aromatic N) is 3. The maximum absolute atomic E-state index is 6.00. The molecule has 2 heterocycles. The molecule has 0 unspecified atom stereocenters. The van der Waals surface area contributed by atoms with Gasteiger partial charge in [-0.2, -0.15) is 4.37 Å². The molecule has 0 saturated carbocycles. The summed E-state index contributed by atoms with van der Waals surface area (Å²) < 4.78 is 6.38. The topological polar surface area (TPSA) is 56.7 Å². The summed E-state index contributed by atoms with van der Waals surface area (Å²) in [6.45, 7) is 4.06. The summed E-state index contributed by atoms with van der Waals surface area (Å²) in [5.74, 6) is 0.892. The SMILES string of the molecule is Cc1nsc(N)c1-c1nc2cccc(C)c2n1C. The number of aromatic nitrogens is 3. The van der Waals surface area contributed by atoms with E-state index in [4.69, 9.17) is 5.73 Å². The third kappa shape index (κ3) is 1.44. The normalized spacial score (nSPS) is 11.3. The van der Waals surface area contributed by atoms with Crippen molar-refractivity contribution in [3.05, 3.63) is 29.5 Å². The van der Waals surface area contributed by atoms with Crippen LogP contribution in [0.25, 0.3) is 22.4 Å². The third-order valence-corrected chi connectivity index (χ3v) is 3.97. The highest BCUT2D eigenvalue weighted by molar-refractivity contribution is 7.10. The van der Waals surface area contributed by atoms with Crippen molar-refractivity contribution in [2.75, 3.05) is 5.73 Å². The Hall–Kier alpha value is -1.88. The number of hydrogen-bond donors (Lipinski definition) is 1. The molecule has 0 aliphatic rings. The van der Waals surface area contributed by atoms with Crippen LogP contribution >= 0.6 is 11.5 Å². The largest absolute Gasteiger partial charge is 0.389 e. The number of benzene rings is 1. The van der Waals surface area contributed by atoms with E-state index >= 15 is 0 Å². The van der Waals surface area contributed by atoms with Crippen LogP contribution in [0.3, 0.4) is 0 Å². The Kier molecular flexibility index (Phi) is 2.38. The van der Waals surface area contributed by atoms with E-state index in [-0.39, 0.29) is 0 Å². The summed E-state index contributed by atoms with van der Waals surface area (Å²) in [6.07, 6.45) is 0. The Morgan fingerprint density at radius 1 is 1.28 bits per heavy atom. The van der Waals surface area contributed by atoms with Gasteiger partial charge in [-0.25, -0.2) is 4.98 Å². The maximum Gasteiger partial charge on any atom is 0.145 e. The summed E-state index contributed by atoms with van der Waals surface area (Å²) in [6, 6.07) is 6.14. The minimum absolute atomic E-state index is 0.726. The first-order chi connectivity index (χ1) is 8.59. The van der Waals surface area contributed by atoms with E-state index in [1.165, 1.54) is 17.1 Å². The lowest BCUT2D eigenvalue weighted by molar-refractivity contribution is 0.953. The fraction of sp³-hybridized carbons (Fsp3) is 0.231. The minimum Gasteiger partial charge on any atom is -0.389 e. The molecule has 2 aromatic heterocycles. The van der Waals surface area contributed by atoms with Gasteiger partial charge in [-0.05, 0) is 37.0 Å². The van der Waals surface area contributed by atoms with Crippen molar-refractivity contribution < 1.29 is 0 Å². The molecule has 0 aliphatic heterocycles. The molecule has 1 aromatic carbocycles. The summed E-state index contributed by atoms with van der Waals surface area (Å²) in [4.78, 5) is 4.69. The number of hydrogen-bond acceptors (Lipinski definition) is 4. The Bertz CT molecular complexity index is 719. The van der Waals surface area contributed by atoms with E-state index in [1.54, 1.807) is 0 Å². The second kappa shape index (κ2) is 3.81. The Balaban J connectivity index is 2.38. The highest BCUT2D eigenvalue weighted by atomic mass is 32.1. The lowest BCUT2D eigenvalue weighted by atomic mass is 10.2. The molecule has 5 heteroatoms. The number of anilines is 1. The zero-order valence-electron chi connectivity index (χ0n) is 10.6. The molecule has 0 spiro atoms. The van der Waals surface area contributed by atoms with E-state index in [1.807, 2.05) is 26.1 Å². The summed E-state index contributed by atoms with van der Waals surface area (Å²) in [5, 5.41) is 0.726. The molecule has 0 bridgehead atoms. The van der Waals surface area contributed by atoms with Crippen LogP contribution in [0, 0.1) is 13.8 Å². The molecular formula is C13H14N4S. The van der Waals surface area contributed by atoms with Gasteiger partial charge in [-0.15, -0.1) is 0 Å². The van der Waals surface area contributed by atoms with Gasteiger partial charge in [0.25, 0.3) is 0 Å². The van der Waals surface area contributed by atoms with Crippen molar-refractivity contribution in [3.63, 3.8) is 0 Å². The van der Waals surface area contributed by atoms with Gasteiger partial charge in [0.1, 0.15) is 10.8 Å². The van der Waals surface area contributed by atoms with E-state index in [0.29, 0.717) is 0 Å². The fourth-order valence-electron chi connectivity index (χ4n) is 2.35. The van der Waals surface area contributed by atoms with Gasteiger partial charge in [0, 0.05) is 7.05 Å². The number of rotatable bonds is 1. The van der Waals surface area contributed by atoms with Crippen molar-refractivity contribution in [2.45, 2.75) is 13.8 Å². The van der Waals surface area contributed by atoms with Gasteiger partial charge in [-0.3, -0.25) is 0 Å². The smallest absolute Gasteiger partial charge is 0.145 e. The van der Waals surface area contributed by atoms with Crippen LogP contribution in [0.15, 0.2) is 18.2 Å². The summed E-state index contributed by atoms with van der Waals surface area (Å²) >= 11 is 1.32. The zero-order valence-corrected chi connectivity index (χ0v) is 11.4. The summed E-state index contributed by atoms with van der Waals surface area (Å²) in [5.41, 5.74) is 11.3. The van der Waals surface area contributed by atoms with Gasteiger partial charge < -0.3 is 10.3 Å². The van der Waals surface area contributed by atoms with Gasteiger partial charge in [-0.1, -0.05) is 12.1 Å². The lowest BCUT2D eigenvalue weighted by Gasteiger charge is -2.03. The van der Waals surface area contributed by atoms with Gasteiger partial charge in [0.15, 0.2) is 0 Å². The number of fused-ring (bicyclic) bond motifs is 1. The molecule has 3 aromatic rings. The van der Waals surface area contributed by atoms with Crippen LogP contribution < -0.4 is 5.73 Å². The van der Waals surface area contributed by atoms with Crippen molar-refractivity contribution in [1.29, 1.82) is 0 Å². The summed E-state index contributed by atoms with van der Waals surface area (Å²) in [7, 11) is 2.02. The van der Waals surface area contributed by atoms with Crippen molar-refractivity contribution >= 4 is 27.6 Å². The van der Waals surface area contributed by atoms with Crippen molar-refractivity contribution in [2.24, 2.45) is 7.05 Å². The predicted molar refractivity (Wildman–Crippen MR) is 75.7 cm³/mol. The van der Waals surface area contributed by atoms with Crippen LogP contribution in [0.4, 0.5) is 5.00 Å². The Morgan fingerprint density at radius 2 is 2.06 bits per heavy atom. The number of nitrogen functional groups attached to an aromatic ring is 1. The Labute approximate surface area is 109 Å². The monoisotopic (exact) mass is 258 g/mol. The van der Waals surface area contributed by atoms with E-state index < -0.39 is 0 Å². The van der Waals surface area contributed by atoms with Crippen molar-refractivity contribution in [3.8, 4) is 11.4 Å². The molecule has 18 heavy (non-hydrogen) atoms. The minimum atomic E-state index is 0.726. The van der Waals surface area contributed by atoms with Crippen LogP contribution in [0.5, 0.6) is 0 Å². The molecule has 0 aliphatic carbocycles. The maximum atomic E-state index is 6.00. The fourth-order valence-corrected chi connectivity index (χ4v) is 3.00. The second-order valence-electron chi connectivity index (χ2n) is 4.44. The predicted octanol–water partition coefficient (Wildman–Crippen LogP) is 2.90.